The first-order chi connectivity index (χ1) is 10.3. The summed E-state index contributed by atoms with van der Waals surface area (Å²) in [5, 5.41) is 0. The van der Waals surface area contributed by atoms with Crippen LogP contribution in [0.25, 0.3) is 5.76 Å². The second kappa shape index (κ2) is 6.40. The van der Waals surface area contributed by atoms with Gasteiger partial charge in [-0.25, -0.2) is 0 Å². The lowest BCUT2D eigenvalue weighted by molar-refractivity contribution is 0.276. The van der Waals surface area contributed by atoms with Crippen LogP contribution in [0.3, 0.4) is 0 Å². The molecular formula is C19H20OS. The third-order valence-electron chi connectivity index (χ3n) is 3.50. The molecule has 0 saturated heterocycles. The lowest BCUT2D eigenvalue weighted by Crippen LogP contribution is -2.00. The molecule has 2 aliphatic rings. The molecule has 0 unspecified atom stereocenters. The van der Waals surface area contributed by atoms with Crippen LogP contribution in [0.2, 0.25) is 0 Å². The minimum atomic E-state index is 0.760. The number of thioether (sulfide) groups is 1. The minimum absolute atomic E-state index is 0.760. The number of ether oxygens (including phenoxy) is 1. The van der Waals surface area contributed by atoms with E-state index in [9.17, 15) is 0 Å². The summed E-state index contributed by atoms with van der Waals surface area (Å²) in [7, 11) is 0. The highest BCUT2D eigenvalue weighted by molar-refractivity contribution is 8.03. The first kappa shape index (κ1) is 14.3. The zero-order valence-corrected chi connectivity index (χ0v) is 13.4. The van der Waals surface area contributed by atoms with E-state index in [0.29, 0.717) is 0 Å². The van der Waals surface area contributed by atoms with Crippen molar-refractivity contribution in [3.8, 4) is 0 Å². The number of benzene rings is 1. The van der Waals surface area contributed by atoms with Crippen molar-refractivity contribution in [2.45, 2.75) is 31.6 Å². The second-order valence-corrected chi connectivity index (χ2v) is 6.56. The summed E-state index contributed by atoms with van der Waals surface area (Å²) in [4.78, 5) is 2.66. The Morgan fingerprint density at radius 3 is 2.90 bits per heavy atom. The fourth-order valence-electron chi connectivity index (χ4n) is 2.47. The molecule has 108 valence electrons. The number of rotatable bonds is 3. The van der Waals surface area contributed by atoms with E-state index < -0.39 is 0 Å². The third-order valence-corrected chi connectivity index (χ3v) is 4.62. The van der Waals surface area contributed by atoms with Gasteiger partial charge >= 0.3 is 0 Å². The Hall–Kier alpha value is -1.67. The molecule has 2 heteroatoms. The van der Waals surface area contributed by atoms with Gasteiger partial charge in [0.2, 0.25) is 0 Å². The molecule has 1 aliphatic heterocycles. The molecule has 0 spiro atoms. The second-order valence-electron chi connectivity index (χ2n) is 5.39. The highest BCUT2D eigenvalue weighted by atomic mass is 32.2. The Kier molecular flexibility index (Phi) is 4.35. The maximum atomic E-state index is 6.04. The largest absolute Gasteiger partial charge is 0.493 e. The van der Waals surface area contributed by atoms with Crippen molar-refractivity contribution in [3.63, 3.8) is 0 Å². The first-order valence-electron chi connectivity index (χ1n) is 7.46. The molecule has 0 aromatic heterocycles. The van der Waals surface area contributed by atoms with Crippen LogP contribution in [0.5, 0.6) is 0 Å². The molecule has 0 radical (unpaired) electrons. The summed E-state index contributed by atoms with van der Waals surface area (Å²) in [5.74, 6) is 1.00. The fraction of sp³-hybridized carbons (Fsp3) is 0.263. The minimum Gasteiger partial charge on any atom is -0.493 e. The van der Waals surface area contributed by atoms with Crippen molar-refractivity contribution in [3.05, 3.63) is 70.2 Å². The van der Waals surface area contributed by atoms with Gasteiger partial charge in [0.15, 0.2) is 0 Å². The summed E-state index contributed by atoms with van der Waals surface area (Å²) >= 11 is 1.85. The third kappa shape index (κ3) is 3.33. The van der Waals surface area contributed by atoms with Crippen LogP contribution in [0.4, 0.5) is 0 Å². The van der Waals surface area contributed by atoms with Crippen LogP contribution < -0.4 is 0 Å². The quantitative estimate of drug-likeness (QED) is 0.714. The van der Waals surface area contributed by atoms with E-state index in [0.717, 1.165) is 25.2 Å². The van der Waals surface area contributed by atoms with Gasteiger partial charge in [-0.2, -0.15) is 0 Å². The summed E-state index contributed by atoms with van der Waals surface area (Å²) in [6, 6.07) is 6.62. The molecule has 0 atom stereocenters. The van der Waals surface area contributed by atoms with Crippen LogP contribution in [0.15, 0.2) is 64.0 Å². The average molecular weight is 296 g/mol. The van der Waals surface area contributed by atoms with Crippen molar-refractivity contribution in [1.82, 2.24) is 0 Å². The lowest BCUT2D eigenvalue weighted by atomic mass is 10.1. The normalized spacial score (nSPS) is 19.2. The lowest BCUT2D eigenvalue weighted by Gasteiger charge is -2.19. The van der Waals surface area contributed by atoms with Gasteiger partial charge in [-0.15, -0.1) is 0 Å². The summed E-state index contributed by atoms with van der Waals surface area (Å²) < 4.78 is 6.04. The van der Waals surface area contributed by atoms with Crippen molar-refractivity contribution in [2.24, 2.45) is 0 Å². The highest BCUT2D eigenvalue weighted by Gasteiger charge is 2.17. The van der Waals surface area contributed by atoms with Crippen LogP contribution >= 0.6 is 11.8 Å². The Bertz CT molecular complexity index is 662. The van der Waals surface area contributed by atoms with Crippen molar-refractivity contribution >= 4 is 17.5 Å². The van der Waals surface area contributed by atoms with Gasteiger partial charge in [-0.05, 0) is 42.0 Å². The molecule has 0 N–H and O–H groups in total. The monoisotopic (exact) mass is 296 g/mol. The SMILES string of the molecule is CCCO/C1=C/C2=CC=CC=C(C2)Sc2ccc(C)cc21. The molecule has 21 heavy (non-hydrogen) atoms. The van der Waals surface area contributed by atoms with Gasteiger partial charge in [0.25, 0.3) is 0 Å². The van der Waals surface area contributed by atoms with Gasteiger partial charge < -0.3 is 4.74 Å². The van der Waals surface area contributed by atoms with E-state index >= 15 is 0 Å². The first-order valence-corrected chi connectivity index (χ1v) is 8.27. The summed E-state index contributed by atoms with van der Waals surface area (Å²) in [5.41, 5.74) is 3.79. The number of allylic oxidation sites excluding steroid dienone is 7. The van der Waals surface area contributed by atoms with E-state index in [1.54, 1.807) is 0 Å². The molecule has 0 fully saturated rings. The molecule has 3 rings (SSSR count). The molecule has 1 nitrogen and oxygen atoms in total. The maximum absolute atomic E-state index is 6.04. The molecule has 0 saturated carbocycles. The van der Waals surface area contributed by atoms with E-state index in [-0.39, 0.29) is 0 Å². The summed E-state index contributed by atoms with van der Waals surface area (Å²) in [6.45, 7) is 5.04. The zero-order chi connectivity index (χ0) is 14.7. The smallest absolute Gasteiger partial charge is 0.127 e. The number of fused-ring (bicyclic) bond motifs is 3. The van der Waals surface area contributed by atoms with E-state index in [2.05, 4.69) is 62.4 Å². The van der Waals surface area contributed by atoms with Crippen LogP contribution in [-0.4, -0.2) is 6.61 Å². The Morgan fingerprint density at radius 1 is 1.19 bits per heavy atom. The number of hydrogen-bond acceptors (Lipinski definition) is 2. The Labute approximate surface area is 131 Å². The predicted molar refractivity (Wildman–Crippen MR) is 91.2 cm³/mol. The Morgan fingerprint density at radius 2 is 2.05 bits per heavy atom. The average Bonchev–Trinajstić information content (AvgIpc) is 2.70. The van der Waals surface area contributed by atoms with Gasteiger partial charge in [-0.3, -0.25) is 0 Å². The van der Waals surface area contributed by atoms with Gasteiger partial charge in [0, 0.05) is 16.9 Å². The number of hydrogen-bond donors (Lipinski definition) is 0. The zero-order valence-electron chi connectivity index (χ0n) is 12.6. The van der Waals surface area contributed by atoms with Crippen molar-refractivity contribution in [1.29, 1.82) is 0 Å². The van der Waals surface area contributed by atoms with Gasteiger partial charge in [-0.1, -0.05) is 54.6 Å². The van der Waals surface area contributed by atoms with E-state index in [4.69, 9.17) is 4.74 Å². The fourth-order valence-corrected chi connectivity index (χ4v) is 3.55. The molecular weight excluding hydrogens is 276 g/mol. The molecule has 0 amide bonds. The molecule has 1 aromatic carbocycles. The Balaban J connectivity index is 2.12. The topological polar surface area (TPSA) is 9.23 Å². The standard InChI is InChI=1S/C19H20OS/c1-3-10-20-18-13-15-6-4-5-7-16(12-15)21-19-9-8-14(2)11-17(18)19/h4-9,11,13H,3,10,12H2,1-2H3/b18-13+. The summed E-state index contributed by atoms with van der Waals surface area (Å²) in [6.07, 6.45) is 12.8. The van der Waals surface area contributed by atoms with Gasteiger partial charge in [0.05, 0.1) is 6.61 Å². The molecule has 1 aliphatic carbocycles. The van der Waals surface area contributed by atoms with Crippen molar-refractivity contribution < 1.29 is 4.74 Å². The van der Waals surface area contributed by atoms with E-state index in [1.165, 1.54) is 26.5 Å². The van der Waals surface area contributed by atoms with Crippen molar-refractivity contribution in [2.75, 3.05) is 6.61 Å². The predicted octanol–water partition coefficient (Wildman–Crippen LogP) is 5.64. The van der Waals surface area contributed by atoms with Crippen LogP contribution in [0, 0.1) is 6.92 Å². The van der Waals surface area contributed by atoms with Gasteiger partial charge in [0.1, 0.15) is 5.76 Å². The molecule has 1 heterocycles. The molecule has 1 aromatic rings. The van der Waals surface area contributed by atoms with E-state index in [1.807, 2.05) is 11.8 Å². The van der Waals surface area contributed by atoms with Crippen LogP contribution in [0.1, 0.15) is 30.9 Å². The highest BCUT2D eigenvalue weighted by Crippen LogP contribution is 2.40. The maximum Gasteiger partial charge on any atom is 0.127 e. The molecule has 2 bridgehead atoms. The number of aryl methyl sites for hydroxylation is 1. The van der Waals surface area contributed by atoms with Crippen LogP contribution in [-0.2, 0) is 4.74 Å².